The van der Waals surface area contributed by atoms with Gasteiger partial charge in [0.2, 0.25) is 11.2 Å². The van der Waals surface area contributed by atoms with E-state index in [2.05, 4.69) is 5.32 Å². The first-order valence-corrected chi connectivity index (χ1v) is 5.80. The van der Waals surface area contributed by atoms with Gasteiger partial charge < -0.3 is 14.5 Å². The summed E-state index contributed by atoms with van der Waals surface area (Å²) in [4.78, 5) is 23.3. The lowest BCUT2D eigenvalue weighted by Gasteiger charge is -2.06. The standard InChI is InChI=1S/C14H12FNO4/c1-19-13-8-20-12(6-11(13)17)14(18)16-7-9-4-2-3-5-10(9)15/h2-6,8H,7H2,1H3,(H,16,18). The Hall–Kier alpha value is -2.63. The van der Waals surface area contributed by atoms with Crippen LogP contribution in [0.4, 0.5) is 4.39 Å². The van der Waals surface area contributed by atoms with Crippen LogP contribution in [0.5, 0.6) is 5.75 Å². The Labute approximate surface area is 114 Å². The Morgan fingerprint density at radius 1 is 1.40 bits per heavy atom. The van der Waals surface area contributed by atoms with Crippen LogP contribution in [0.3, 0.4) is 0 Å². The van der Waals surface area contributed by atoms with E-state index in [0.29, 0.717) is 5.56 Å². The molecule has 0 unspecified atom stereocenters. The molecular formula is C14H12FNO4. The van der Waals surface area contributed by atoms with Gasteiger partial charge >= 0.3 is 0 Å². The topological polar surface area (TPSA) is 68.5 Å². The molecule has 2 rings (SSSR count). The van der Waals surface area contributed by atoms with Crippen molar-refractivity contribution >= 4 is 5.91 Å². The zero-order valence-corrected chi connectivity index (χ0v) is 10.7. The number of amides is 1. The number of carbonyl (C=O) groups excluding carboxylic acids is 1. The highest BCUT2D eigenvalue weighted by Gasteiger charge is 2.12. The summed E-state index contributed by atoms with van der Waals surface area (Å²) in [7, 11) is 1.32. The maximum absolute atomic E-state index is 13.4. The van der Waals surface area contributed by atoms with E-state index in [1.54, 1.807) is 18.2 Å². The predicted octanol–water partition coefficient (Wildman–Crippen LogP) is 1.72. The summed E-state index contributed by atoms with van der Waals surface area (Å²) in [5.74, 6) is -1.17. The summed E-state index contributed by atoms with van der Waals surface area (Å²) in [5.41, 5.74) is -0.119. The molecular weight excluding hydrogens is 265 g/mol. The number of benzene rings is 1. The van der Waals surface area contributed by atoms with Gasteiger partial charge in [-0.1, -0.05) is 18.2 Å². The number of hydrogen-bond donors (Lipinski definition) is 1. The normalized spacial score (nSPS) is 10.1. The Morgan fingerprint density at radius 2 is 2.15 bits per heavy atom. The van der Waals surface area contributed by atoms with Gasteiger partial charge in [-0.05, 0) is 6.07 Å². The highest BCUT2D eigenvalue weighted by molar-refractivity contribution is 5.91. The molecule has 1 aromatic carbocycles. The van der Waals surface area contributed by atoms with E-state index < -0.39 is 17.2 Å². The molecule has 1 heterocycles. The monoisotopic (exact) mass is 277 g/mol. The molecule has 0 spiro atoms. The van der Waals surface area contributed by atoms with Gasteiger partial charge in [0.05, 0.1) is 7.11 Å². The average Bonchev–Trinajstić information content (AvgIpc) is 2.46. The minimum atomic E-state index is -0.604. The SMILES string of the molecule is COc1coc(C(=O)NCc2ccccc2F)cc1=O. The lowest BCUT2D eigenvalue weighted by Crippen LogP contribution is -2.24. The fourth-order valence-electron chi connectivity index (χ4n) is 1.57. The van der Waals surface area contributed by atoms with Crippen LogP contribution < -0.4 is 15.5 Å². The zero-order valence-electron chi connectivity index (χ0n) is 10.7. The molecule has 0 saturated heterocycles. The molecule has 0 radical (unpaired) electrons. The molecule has 0 aliphatic heterocycles. The van der Waals surface area contributed by atoms with Crippen molar-refractivity contribution in [3.63, 3.8) is 0 Å². The molecule has 1 aromatic heterocycles. The summed E-state index contributed by atoms with van der Waals surface area (Å²) in [6, 6.07) is 7.10. The van der Waals surface area contributed by atoms with Gasteiger partial charge in [-0.2, -0.15) is 0 Å². The van der Waals surface area contributed by atoms with Crippen molar-refractivity contribution in [1.29, 1.82) is 0 Å². The van der Waals surface area contributed by atoms with Crippen LogP contribution in [-0.2, 0) is 6.54 Å². The maximum Gasteiger partial charge on any atom is 0.287 e. The lowest BCUT2D eigenvalue weighted by molar-refractivity contribution is 0.0919. The molecule has 2 aromatic rings. The van der Waals surface area contributed by atoms with Crippen molar-refractivity contribution < 1.29 is 18.3 Å². The first-order chi connectivity index (χ1) is 9.61. The fourth-order valence-corrected chi connectivity index (χ4v) is 1.57. The molecule has 0 atom stereocenters. The summed E-state index contributed by atoms with van der Waals surface area (Å²) < 4.78 is 23.1. The van der Waals surface area contributed by atoms with Crippen LogP contribution in [0.25, 0.3) is 0 Å². The van der Waals surface area contributed by atoms with Crippen LogP contribution in [0.15, 0.2) is 45.8 Å². The van der Waals surface area contributed by atoms with E-state index in [4.69, 9.17) is 9.15 Å². The van der Waals surface area contributed by atoms with E-state index in [1.165, 1.54) is 13.2 Å². The number of rotatable bonds is 4. The van der Waals surface area contributed by atoms with Gasteiger partial charge in [-0.3, -0.25) is 9.59 Å². The molecule has 1 N–H and O–H groups in total. The third-order valence-corrected chi connectivity index (χ3v) is 2.64. The van der Waals surface area contributed by atoms with Crippen molar-refractivity contribution in [2.45, 2.75) is 6.54 Å². The molecule has 5 nitrogen and oxygen atoms in total. The summed E-state index contributed by atoms with van der Waals surface area (Å²) in [6.07, 6.45) is 1.06. The van der Waals surface area contributed by atoms with Gasteiger partial charge in [0.1, 0.15) is 12.1 Å². The zero-order chi connectivity index (χ0) is 14.5. The number of hydrogen-bond acceptors (Lipinski definition) is 4. The van der Waals surface area contributed by atoms with Crippen molar-refractivity contribution in [3.8, 4) is 5.75 Å². The second-order valence-electron chi connectivity index (χ2n) is 3.95. The van der Waals surface area contributed by atoms with Crippen molar-refractivity contribution in [2.24, 2.45) is 0 Å². The largest absolute Gasteiger partial charge is 0.490 e. The van der Waals surface area contributed by atoms with Crippen molar-refractivity contribution in [2.75, 3.05) is 7.11 Å². The highest BCUT2D eigenvalue weighted by Crippen LogP contribution is 2.07. The molecule has 0 saturated carbocycles. The lowest BCUT2D eigenvalue weighted by atomic mass is 10.2. The van der Waals surface area contributed by atoms with Gasteiger partial charge in [0.15, 0.2) is 5.76 Å². The smallest absolute Gasteiger partial charge is 0.287 e. The van der Waals surface area contributed by atoms with E-state index >= 15 is 0 Å². The molecule has 0 aliphatic carbocycles. The molecule has 20 heavy (non-hydrogen) atoms. The van der Waals surface area contributed by atoms with E-state index in [9.17, 15) is 14.0 Å². The molecule has 6 heteroatoms. The minimum Gasteiger partial charge on any atom is -0.490 e. The number of carbonyl (C=O) groups is 1. The van der Waals surface area contributed by atoms with Gasteiger partial charge in [-0.15, -0.1) is 0 Å². The molecule has 0 bridgehead atoms. The molecule has 104 valence electrons. The predicted molar refractivity (Wildman–Crippen MR) is 69.1 cm³/mol. The minimum absolute atomic E-state index is 0.00124. The summed E-state index contributed by atoms with van der Waals surface area (Å²) in [5, 5.41) is 2.47. The number of nitrogens with one attached hydrogen (secondary N) is 1. The summed E-state index contributed by atoms with van der Waals surface area (Å²) >= 11 is 0. The van der Waals surface area contributed by atoms with Crippen LogP contribution in [0.2, 0.25) is 0 Å². The van der Waals surface area contributed by atoms with Crippen LogP contribution in [0, 0.1) is 5.82 Å². The highest BCUT2D eigenvalue weighted by atomic mass is 19.1. The fraction of sp³-hybridized carbons (Fsp3) is 0.143. The van der Waals surface area contributed by atoms with E-state index in [1.807, 2.05) is 0 Å². The van der Waals surface area contributed by atoms with Gasteiger partial charge in [-0.25, -0.2) is 4.39 Å². The van der Waals surface area contributed by atoms with Crippen molar-refractivity contribution in [1.82, 2.24) is 5.32 Å². The first kappa shape index (κ1) is 13.8. The number of methoxy groups -OCH3 is 1. The van der Waals surface area contributed by atoms with Gasteiger partial charge in [0, 0.05) is 18.2 Å². The molecule has 0 fully saturated rings. The third kappa shape index (κ3) is 3.03. The Morgan fingerprint density at radius 3 is 2.80 bits per heavy atom. The van der Waals surface area contributed by atoms with Crippen LogP contribution >= 0.6 is 0 Å². The number of halogens is 1. The Bertz CT molecular complexity index is 681. The van der Waals surface area contributed by atoms with Gasteiger partial charge in [0.25, 0.3) is 5.91 Å². The third-order valence-electron chi connectivity index (χ3n) is 2.64. The van der Waals surface area contributed by atoms with Crippen LogP contribution in [-0.4, -0.2) is 13.0 Å². The molecule has 1 amide bonds. The van der Waals surface area contributed by atoms with Crippen LogP contribution in [0.1, 0.15) is 16.1 Å². The van der Waals surface area contributed by atoms with E-state index in [-0.39, 0.29) is 18.1 Å². The quantitative estimate of drug-likeness (QED) is 0.923. The summed E-state index contributed by atoms with van der Waals surface area (Å²) in [6.45, 7) is 0.00124. The molecule has 0 aliphatic rings. The Balaban J connectivity index is 2.07. The Kier molecular flexibility index (Phi) is 4.14. The van der Waals surface area contributed by atoms with Crippen molar-refractivity contribution in [3.05, 3.63) is 64.0 Å². The second kappa shape index (κ2) is 6.01. The number of ether oxygens (including phenoxy) is 1. The second-order valence-corrected chi connectivity index (χ2v) is 3.95. The maximum atomic E-state index is 13.4. The first-order valence-electron chi connectivity index (χ1n) is 5.80. The average molecular weight is 277 g/mol. The van der Waals surface area contributed by atoms with E-state index in [0.717, 1.165) is 12.3 Å².